The Hall–Kier alpha value is -1.03. The third kappa shape index (κ3) is 2.63. The molecule has 0 saturated carbocycles. The fraction of sp³-hybridized carbons (Fsp3) is 0.385. The SMILES string of the molecule is CCOCC(NC)c1cc2cccc(Cl)c2o1. The number of halogens is 1. The molecule has 0 fully saturated rings. The quantitative estimate of drug-likeness (QED) is 0.887. The van der Waals surface area contributed by atoms with Gasteiger partial charge in [0.2, 0.25) is 0 Å². The topological polar surface area (TPSA) is 34.4 Å². The summed E-state index contributed by atoms with van der Waals surface area (Å²) in [5.74, 6) is 0.851. The normalized spacial score (nSPS) is 13.1. The minimum atomic E-state index is 0.0541. The second-order valence-electron chi connectivity index (χ2n) is 3.81. The fourth-order valence-corrected chi connectivity index (χ4v) is 1.98. The summed E-state index contributed by atoms with van der Waals surface area (Å²) in [6, 6.07) is 7.79. The summed E-state index contributed by atoms with van der Waals surface area (Å²) < 4.78 is 11.2. The van der Waals surface area contributed by atoms with Crippen LogP contribution in [0.2, 0.25) is 5.02 Å². The van der Waals surface area contributed by atoms with E-state index in [0.717, 1.165) is 16.7 Å². The van der Waals surface area contributed by atoms with Crippen molar-refractivity contribution in [3.63, 3.8) is 0 Å². The molecule has 0 aliphatic carbocycles. The first-order chi connectivity index (χ1) is 8.26. The van der Waals surface area contributed by atoms with Crippen LogP contribution in [0.3, 0.4) is 0 Å². The van der Waals surface area contributed by atoms with Gasteiger partial charge in [0, 0.05) is 12.0 Å². The molecule has 0 spiro atoms. The summed E-state index contributed by atoms with van der Waals surface area (Å²) in [7, 11) is 1.89. The van der Waals surface area contributed by atoms with Gasteiger partial charge in [0.1, 0.15) is 5.76 Å². The van der Waals surface area contributed by atoms with E-state index in [9.17, 15) is 0 Å². The number of furan rings is 1. The van der Waals surface area contributed by atoms with Crippen molar-refractivity contribution in [2.24, 2.45) is 0 Å². The molecule has 0 aliphatic rings. The number of benzene rings is 1. The van der Waals surface area contributed by atoms with Gasteiger partial charge in [-0.2, -0.15) is 0 Å². The largest absolute Gasteiger partial charge is 0.458 e. The number of rotatable bonds is 5. The van der Waals surface area contributed by atoms with Gasteiger partial charge in [-0.15, -0.1) is 0 Å². The highest BCUT2D eigenvalue weighted by Crippen LogP contribution is 2.29. The Morgan fingerprint density at radius 3 is 2.94 bits per heavy atom. The Kier molecular flexibility index (Phi) is 4.05. The molecule has 4 heteroatoms. The number of hydrogen-bond donors (Lipinski definition) is 1. The summed E-state index contributed by atoms with van der Waals surface area (Å²) >= 11 is 6.08. The Morgan fingerprint density at radius 1 is 1.47 bits per heavy atom. The number of para-hydroxylation sites is 1. The maximum atomic E-state index is 6.08. The van der Waals surface area contributed by atoms with E-state index in [-0.39, 0.29) is 6.04 Å². The number of hydrogen-bond acceptors (Lipinski definition) is 3. The first-order valence-electron chi connectivity index (χ1n) is 5.69. The monoisotopic (exact) mass is 253 g/mol. The van der Waals surface area contributed by atoms with Crippen LogP contribution in [-0.2, 0) is 4.74 Å². The van der Waals surface area contributed by atoms with Crippen LogP contribution in [0, 0.1) is 0 Å². The Morgan fingerprint density at radius 2 is 2.29 bits per heavy atom. The molecule has 17 heavy (non-hydrogen) atoms. The van der Waals surface area contributed by atoms with E-state index in [2.05, 4.69) is 5.32 Å². The van der Waals surface area contributed by atoms with Crippen molar-refractivity contribution in [1.29, 1.82) is 0 Å². The fourth-order valence-electron chi connectivity index (χ4n) is 1.76. The highest BCUT2D eigenvalue weighted by atomic mass is 35.5. The zero-order chi connectivity index (χ0) is 12.3. The number of fused-ring (bicyclic) bond motifs is 1. The smallest absolute Gasteiger partial charge is 0.152 e. The first kappa shape index (κ1) is 12.4. The maximum Gasteiger partial charge on any atom is 0.152 e. The number of likely N-dealkylation sites (N-methyl/N-ethyl adjacent to an activating group) is 1. The molecule has 1 heterocycles. The van der Waals surface area contributed by atoms with E-state index in [1.807, 2.05) is 38.2 Å². The predicted octanol–water partition coefficient (Wildman–Crippen LogP) is 3.38. The van der Waals surface area contributed by atoms with E-state index in [4.69, 9.17) is 20.8 Å². The number of nitrogens with one attached hydrogen (secondary N) is 1. The van der Waals surface area contributed by atoms with Crippen LogP contribution < -0.4 is 5.32 Å². The Balaban J connectivity index is 2.31. The standard InChI is InChI=1S/C13H16ClNO2/c1-3-16-8-11(15-2)12-7-9-5-4-6-10(14)13(9)17-12/h4-7,11,15H,3,8H2,1-2H3. The third-order valence-electron chi connectivity index (χ3n) is 2.70. The minimum absolute atomic E-state index is 0.0541. The third-order valence-corrected chi connectivity index (χ3v) is 2.99. The van der Waals surface area contributed by atoms with E-state index in [0.29, 0.717) is 18.2 Å². The van der Waals surface area contributed by atoms with Crippen molar-refractivity contribution in [2.45, 2.75) is 13.0 Å². The molecule has 1 aromatic heterocycles. The predicted molar refractivity (Wildman–Crippen MR) is 69.5 cm³/mol. The molecule has 3 nitrogen and oxygen atoms in total. The number of ether oxygens (including phenoxy) is 1. The second kappa shape index (κ2) is 5.54. The van der Waals surface area contributed by atoms with Crippen molar-refractivity contribution >= 4 is 22.6 Å². The van der Waals surface area contributed by atoms with Crippen molar-refractivity contribution < 1.29 is 9.15 Å². The van der Waals surface area contributed by atoms with Crippen molar-refractivity contribution in [3.8, 4) is 0 Å². The van der Waals surface area contributed by atoms with Gasteiger partial charge in [0.05, 0.1) is 17.7 Å². The molecule has 0 saturated heterocycles. The Labute approximate surface area is 106 Å². The van der Waals surface area contributed by atoms with Gasteiger partial charge in [0.15, 0.2) is 5.58 Å². The molecular weight excluding hydrogens is 238 g/mol. The molecule has 0 bridgehead atoms. The lowest BCUT2D eigenvalue weighted by molar-refractivity contribution is 0.119. The van der Waals surface area contributed by atoms with Gasteiger partial charge in [-0.1, -0.05) is 23.7 Å². The van der Waals surface area contributed by atoms with Crippen molar-refractivity contribution in [1.82, 2.24) is 5.32 Å². The highest BCUT2D eigenvalue weighted by Gasteiger charge is 2.15. The lowest BCUT2D eigenvalue weighted by Crippen LogP contribution is -2.21. The van der Waals surface area contributed by atoms with Crippen LogP contribution in [0.25, 0.3) is 11.0 Å². The van der Waals surface area contributed by atoms with Crippen LogP contribution in [-0.4, -0.2) is 20.3 Å². The molecule has 0 aliphatic heterocycles. The molecule has 0 amide bonds. The second-order valence-corrected chi connectivity index (χ2v) is 4.21. The zero-order valence-electron chi connectivity index (χ0n) is 10.00. The molecule has 1 N–H and O–H groups in total. The molecular formula is C13H16ClNO2. The van der Waals surface area contributed by atoms with Gasteiger partial charge in [-0.3, -0.25) is 0 Å². The van der Waals surface area contributed by atoms with Crippen molar-refractivity contribution in [2.75, 3.05) is 20.3 Å². The maximum absolute atomic E-state index is 6.08. The van der Waals surface area contributed by atoms with Crippen LogP contribution in [0.4, 0.5) is 0 Å². The molecule has 2 aromatic rings. The lowest BCUT2D eigenvalue weighted by atomic mass is 10.2. The van der Waals surface area contributed by atoms with E-state index in [1.54, 1.807) is 0 Å². The van der Waals surface area contributed by atoms with Gasteiger partial charge < -0.3 is 14.5 Å². The molecule has 0 radical (unpaired) electrons. The molecule has 1 atom stereocenters. The zero-order valence-corrected chi connectivity index (χ0v) is 10.8. The van der Waals surface area contributed by atoms with Gasteiger partial charge in [-0.05, 0) is 26.1 Å². The van der Waals surface area contributed by atoms with Gasteiger partial charge >= 0.3 is 0 Å². The molecule has 1 unspecified atom stereocenters. The summed E-state index contributed by atoms with van der Waals surface area (Å²) in [5.41, 5.74) is 0.737. The highest BCUT2D eigenvalue weighted by molar-refractivity contribution is 6.34. The Bertz CT molecular complexity index is 495. The van der Waals surface area contributed by atoms with Gasteiger partial charge in [-0.25, -0.2) is 0 Å². The summed E-state index contributed by atoms with van der Waals surface area (Å²) in [5, 5.41) is 4.83. The summed E-state index contributed by atoms with van der Waals surface area (Å²) in [6.45, 7) is 3.26. The van der Waals surface area contributed by atoms with Crippen LogP contribution in [0.15, 0.2) is 28.7 Å². The van der Waals surface area contributed by atoms with E-state index in [1.165, 1.54) is 0 Å². The van der Waals surface area contributed by atoms with E-state index >= 15 is 0 Å². The average Bonchev–Trinajstić information content (AvgIpc) is 2.75. The molecule has 92 valence electrons. The van der Waals surface area contributed by atoms with Crippen LogP contribution in [0.5, 0.6) is 0 Å². The summed E-state index contributed by atoms with van der Waals surface area (Å²) in [4.78, 5) is 0. The van der Waals surface area contributed by atoms with Crippen molar-refractivity contribution in [3.05, 3.63) is 35.0 Å². The van der Waals surface area contributed by atoms with Gasteiger partial charge in [0.25, 0.3) is 0 Å². The lowest BCUT2D eigenvalue weighted by Gasteiger charge is -2.12. The average molecular weight is 254 g/mol. The summed E-state index contributed by atoms with van der Waals surface area (Å²) in [6.07, 6.45) is 0. The van der Waals surface area contributed by atoms with Crippen LogP contribution in [0.1, 0.15) is 18.7 Å². The van der Waals surface area contributed by atoms with Crippen LogP contribution >= 0.6 is 11.6 Å². The molecule has 1 aromatic carbocycles. The molecule has 2 rings (SSSR count). The minimum Gasteiger partial charge on any atom is -0.458 e. The van der Waals surface area contributed by atoms with E-state index < -0.39 is 0 Å². The first-order valence-corrected chi connectivity index (χ1v) is 6.07.